The number of hydrogen-bond donors (Lipinski definition) is 2. The number of aryl methyl sites for hydroxylation is 2. The predicted molar refractivity (Wildman–Crippen MR) is 94.4 cm³/mol. The van der Waals surface area contributed by atoms with Crippen LogP contribution in [0, 0.1) is 13.8 Å². The lowest BCUT2D eigenvalue weighted by Crippen LogP contribution is -2.29. The lowest BCUT2D eigenvalue weighted by molar-refractivity contribution is 0.578. The molecule has 0 amide bonds. The van der Waals surface area contributed by atoms with Crippen LogP contribution in [0.2, 0.25) is 0 Å². The van der Waals surface area contributed by atoms with Crippen LogP contribution in [-0.4, -0.2) is 25.7 Å². The second-order valence-electron chi connectivity index (χ2n) is 5.91. The third kappa shape index (κ3) is 4.42. The highest BCUT2D eigenvalue weighted by atomic mass is 32.2. The summed E-state index contributed by atoms with van der Waals surface area (Å²) in [5, 5.41) is 0.969. The number of unbranched alkanes of at least 4 members (excludes halogenated alkanes) is 1. The van der Waals surface area contributed by atoms with Gasteiger partial charge in [-0.2, -0.15) is 0 Å². The molecule has 6 heteroatoms. The van der Waals surface area contributed by atoms with Crippen LogP contribution in [-0.2, 0) is 16.4 Å². The lowest BCUT2D eigenvalue weighted by Gasteiger charge is -2.09. The van der Waals surface area contributed by atoms with Gasteiger partial charge in [0, 0.05) is 12.1 Å². The van der Waals surface area contributed by atoms with Gasteiger partial charge in [-0.15, -0.1) is 0 Å². The second-order valence-corrected chi connectivity index (χ2v) is 7.84. The van der Waals surface area contributed by atoms with E-state index in [9.17, 15) is 13.2 Å². The molecule has 0 bridgehead atoms. The summed E-state index contributed by atoms with van der Waals surface area (Å²) in [7, 11) is -3.24. The molecule has 0 aliphatic heterocycles. The van der Waals surface area contributed by atoms with Gasteiger partial charge in [0.1, 0.15) is 0 Å². The number of pyridine rings is 1. The zero-order valence-electron chi connectivity index (χ0n) is 13.9. The first kappa shape index (κ1) is 17.7. The maximum absolute atomic E-state index is 12.2. The lowest BCUT2D eigenvalue weighted by atomic mass is 10.0. The molecule has 1 heterocycles. The highest BCUT2D eigenvalue weighted by Gasteiger charge is 2.10. The normalized spacial score (nSPS) is 12.0. The summed E-state index contributed by atoms with van der Waals surface area (Å²) in [6.07, 6.45) is 1.86. The molecule has 0 saturated carbocycles. The highest BCUT2D eigenvalue weighted by molar-refractivity contribution is 7.89. The Hall–Kier alpha value is -1.66. The molecule has 1 aromatic carbocycles. The summed E-state index contributed by atoms with van der Waals surface area (Å²) >= 11 is 0. The fraction of sp³-hybridized carbons (Fsp3) is 0.471. The van der Waals surface area contributed by atoms with Gasteiger partial charge < -0.3 is 4.98 Å². The van der Waals surface area contributed by atoms with E-state index in [1.54, 1.807) is 0 Å². The van der Waals surface area contributed by atoms with Crippen molar-refractivity contribution >= 4 is 20.9 Å². The van der Waals surface area contributed by atoms with Crippen molar-refractivity contribution in [2.45, 2.75) is 40.0 Å². The minimum Gasteiger partial charge on any atom is -0.321 e. The molecule has 23 heavy (non-hydrogen) atoms. The standard InChI is InChI=1S/C17H24N2O3S/c1-4-5-10-23(21,22)18-9-8-15-11-14-7-6-12(2)13(3)16(14)19-17(15)20/h6-7,11,18H,4-5,8-10H2,1-3H3,(H,19,20). The van der Waals surface area contributed by atoms with E-state index in [1.807, 2.05) is 39.0 Å². The number of sulfonamides is 1. The summed E-state index contributed by atoms with van der Waals surface area (Å²) in [6, 6.07) is 5.84. The van der Waals surface area contributed by atoms with Crippen molar-refractivity contribution in [1.29, 1.82) is 0 Å². The topological polar surface area (TPSA) is 79.0 Å². The van der Waals surface area contributed by atoms with Gasteiger partial charge in [0.15, 0.2) is 0 Å². The molecule has 2 aromatic rings. The minimum atomic E-state index is -3.24. The van der Waals surface area contributed by atoms with Crippen molar-refractivity contribution in [3.8, 4) is 0 Å². The van der Waals surface area contributed by atoms with Gasteiger partial charge in [0.05, 0.1) is 11.3 Å². The van der Waals surface area contributed by atoms with E-state index in [-0.39, 0.29) is 17.9 Å². The van der Waals surface area contributed by atoms with Gasteiger partial charge in [-0.3, -0.25) is 4.79 Å². The van der Waals surface area contributed by atoms with Crippen LogP contribution in [0.3, 0.4) is 0 Å². The molecule has 5 nitrogen and oxygen atoms in total. The average Bonchev–Trinajstić information content (AvgIpc) is 2.50. The highest BCUT2D eigenvalue weighted by Crippen LogP contribution is 2.18. The number of fused-ring (bicyclic) bond motifs is 1. The van der Waals surface area contributed by atoms with Gasteiger partial charge in [0.2, 0.25) is 10.0 Å². The Bertz CT molecular complexity index is 854. The fourth-order valence-corrected chi connectivity index (χ4v) is 3.73. The zero-order chi connectivity index (χ0) is 17.0. The number of rotatable bonds is 7. The van der Waals surface area contributed by atoms with E-state index in [2.05, 4.69) is 9.71 Å². The van der Waals surface area contributed by atoms with Crippen LogP contribution in [0.1, 0.15) is 36.5 Å². The van der Waals surface area contributed by atoms with E-state index in [4.69, 9.17) is 0 Å². The number of hydrogen-bond acceptors (Lipinski definition) is 3. The van der Waals surface area contributed by atoms with Gasteiger partial charge >= 0.3 is 0 Å². The summed E-state index contributed by atoms with van der Waals surface area (Å²) in [6.45, 7) is 6.18. The Morgan fingerprint density at radius 2 is 1.96 bits per heavy atom. The van der Waals surface area contributed by atoms with Crippen LogP contribution in [0.25, 0.3) is 10.9 Å². The maximum Gasteiger partial charge on any atom is 0.251 e. The first-order chi connectivity index (χ1) is 10.8. The molecule has 2 N–H and O–H groups in total. The molecule has 2 rings (SSSR count). The smallest absolute Gasteiger partial charge is 0.251 e. The molecule has 0 radical (unpaired) electrons. The van der Waals surface area contributed by atoms with E-state index < -0.39 is 10.0 Å². The van der Waals surface area contributed by atoms with Crippen molar-refractivity contribution in [2.24, 2.45) is 0 Å². The van der Waals surface area contributed by atoms with Gasteiger partial charge in [-0.25, -0.2) is 13.1 Å². The molecule has 0 atom stereocenters. The maximum atomic E-state index is 12.2. The Labute approximate surface area is 137 Å². The largest absolute Gasteiger partial charge is 0.321 e. The Balaban J connectivity index is 2.14. The van der Waals surface area contributed by atoms with E-state index in [0.29, 0.717) is 18.4 Å². The van der Waals surface area contributed by atoms with E-state index >= 15 is 0 Å². The molecule has 1 aromatic heterocycles. The number of benzene rings is 1. The summed E-state index contributed by atoms with van der Waals surface area (Å²) < 4.78 is 26.1. The Morgan fingerprint density at radius 3 is 2.65 bits per heavy atom. The van der Waals surface area contributed by atoms with Gasteiger partial charge in [-0.1, -0.05) is 25.5 Å². The van der Waals surface area contributed by atoms with Crippen molar-refractivity contribution in [3.05, 3.63) is 45.2 Å². The molecule has 0 fully saturated rings. The fourth-order valence-electron chi connectivity index (χ4n) is 2.50. The average molecular weight is 336 g/mol. The van der Waals surface area contributed by atoms with Crippen LogP contribution < -0.4 is 10.3 Å². The van der Waals surface area contributed by atoms with Crippen molar-refractivity contribution in [2.75, 3.05) is 12.3 Å². The molecule has 0 spiro atoms. The van der Waals surface area contributed by atoms with Crippen LogP contribution >= 0.6 is 0 Å². The van der Waals surface area contributed by atoms with Gasteiger partial charge in [0.25, 0.3) is 5.56 Å². The van der Waals surface area contributed by atoms with E-state index in [1.165, 1.54) is 0 Å². The third-order valence-electron chi connectivity index (χ3n) is 4.11. The molecule has 126 valence electrons. The quantitative estimate of drug-likeness (QED) is 0.815. The number of nitrogens with one attached hydrogen (secondary N) is 2. The predicted octanol–water partition coefficient (Wildman–Crippen LogP) is 2.41. The summed E-state index contributed by atoms with van der Waals surface area (Å²) in [5.41, 5.74) is 3.48. The van der Waals surface area contributed by atoms with Crippen molar-refractivity contribution in [3.63, 3.8) is 0 Å². The molecule has 0 saturated heterocycles. The van der Waals surface area contributed by atoms with E-state index in [0.717, 1.165) is 28.5 Å². The van der Waals surface area contributed by atoms with Crippen LogP contribution in [0.15, 0.2) is 23.0 Å². The first-order valence-corrected chi connectivity index (χ1v) is 9.58. The Kier molecular flexibility index (Phi) is 5.59. The van der Waals surface area contributed by atoms with Crippen molar-refractivity contribution in [1.82, 2.24) is 9.71 Å². The summed E-state index contributed by atoms with van der Waals surface area (Å²) in [5.74, 6) is 0.135. The molecular formula is C17H24N2O3S. The second kappa shape index (κ2) is 7.27. The SMILES string of the molecule is CCCCS(=O)(=O)NCCc1cc2ccc(C)c(C)c2[nH]c1=O. The minimum absolute atomic E-state index is 0.135. The number of aromatic amines is 1. The van der Waals surface area contributed by atoms with Crippen LogP contribution in [0.5, 0.6) is 0 Å². The molecule has 0 aliphatic carbocycles. The van der Waals surface area contributed by atoms with Crippen molar-refractivity contribution < 1.29 is 8.42 Å². The number of aromatic nitrogens is 1. The van der Waals surface area contributed by atoms with Crippen LogP contribution in [0.4, 0.5) is 0 Å². The monoisotopic (exact) mass is 336 g/mol. The number of H-pyrrole nitrogens is 1. The zero-order valence-corrected chi connectivity index (χ0v) is 14.7. The Morgan fingerprint density at radius 1 is 1.22 bits per heavy atom. The van der Waals surface area contributed by atoms with Gasteiger partial charge in [-0.05, 0) is 49.3 Å². The first-order valence-electron chi connectivity index (χ1n) is 7.93. The summed E-state index contributed by atoms with van der Waals surface area (Å²) in [4.78, 5) is 15.1. The molecule has 0 unspecified atom stereocenters. The molecule has 0 aliphatic rings. The molecular weight excluding hydrogens is 312 g/mol. The third-order valence-corrected chi connectivity index (χ3v) is 5.58.